The fourth-order valence-corrected chi connectivity index (χ4v) is 2.34. The lowest BCUT2D eigenvalue weighted by atomic mass is 10.2. The van der Waals surface area contributed by atoms with Crippen LogP contribution in [-0.2, 0) is 0 Å². The number of aromatic nitrogens is 2. The zero-order valence-corrected chi connectivity index (χ0v) is 12.0. The second-order valence-corrected chi connectivity index (χ2v) is 5.30. The molecule has 1 heterocycles. The minimum atomic E-state index is 0.220. The highest BCUT2D eigenvalue weighted by molar-refractivity contribution is 14.1. The van der Waals surface area contributed by atoms with Crippen molar-refractivity contribution in [2.75, 3.05) is 5.32 Å². The van der Waals surface area contributed by atoms with Gasteiger partial charge in [0.05, 0.1) is 5.52 Å². The van der Waals surface area contributed by atoms with Crippen LogP contribution >= 0.6 is 22.6 Å². The van der Waals surface area contributed by atoms with Crippen LogP contribution in [0, 0.1) is 3.57 Å². The highest BCUT2D eigenvalue weighted by Crippen LogP contribution is 2.25. The van der Waals surface area contributed by atoms with Gasteiger partial charge in [-0.2, -0.15) is 0 Å². The maximum Gasteiger partial charge on any atom is 0.141 e. The summed E-state index contributed by atoms with van der Waals surface area (Å²) in [6, 6.07) is 12.9. The van der Waals surface area contributed by atoms with Crippen molar-refractivity contribution in [1.82, 2.24) is 9.97 Å². The molecule has 0 aliphatic carbocycles. The number of anilines is 2. The van der Waals surface area contributed by atoms with Crippen molar-refractivity contribution in [2.45, 2.75) is 0 Å². The van der Waals surface area contributed by atoms with Gasteiger partial charge in [0.25, 0.3) is 0 Å². The first-order valence-corrected chi connectivity index (χ1v) is 6.76. The van der Waals surface area contributed by atoms with Crippen LogP contribution in [0.3, 0.4) is 0 Å². The summed E-state index contributed by atoms with van der Waals surface area (Å²) in [5, 5.41) is 13.6. The molecule has 0 atom stereocenters. The smallest absolute Gasteiger partial charge is 0.141 e. The molecule has 0 saturated carbocycles. The standard InChI is InChI=1S/C14H10IN3O/c15-9-4-5-13-12(6-9)14(17-8-16-13)18-10-2-1-3-11(19)7-10/h1-8,19H,(H,16,17,18). The largest absolute Gasteiger partial charge is 0.508 e. The third kappa shape index (κ3) is 2.60. The molecule has 0 aliphatic rings. The van der Waals surface area contributed by atoms with E-state index in [1.807, 2.05) is 24.3 Å². The monoisotopic (exact) mass is 363 g/mol. The minimum absolute atomic E-state index is 0.220. The van der Waals surface area contributed by atoms with E-state index in [4.69, 9.17) is 0 Å². The Kier molecular flexibility index (Phi) is 3.20. The summed E-state index contributed by atoms with van der Waals surface area (Å²) in [4.78, 5) is 8.50. The Morgan fingerprint density at radius 1 is 1.05 bits per heavy atom. The molecule has 0 unspecified atom stereocenters. The van der Waals surface area contributed by atoms with Crippen LogP contribution in [0.5, 0.6) is 5.75 Å². The van der Waals surface area contributed by atoms with Gasteiger partial charge in [0.2, 0.25) is 0 Å². The molecule has 5 heteroatoms. The lowest BCUT2D eigenvalue weighted by Gasteiger charge is -2.08. The first-order chi connectivity index (χ1) is 9.22. The Labute approximate surface area is 123 Å². The SMILES string of the molecule is Oc1cccc(Nc2ncnc3ccc(I)cc23)c1. The molecule has 4 nitrogen and oxygen atoms in total. The second kappa shape index (κ2) is 5.00. The van der Waals surface area contributed by atoms with Gasteiger partial charge in [-0.05, 0) is 52.9 Å². The van der Waals surface area contributed by atoms with Crippen molar-refractivity contribution < 1.29 is 5.11 Å². The number of phenols is 1. The van der Waals surface area contributed by atoms with Gasteiger partial charge in [0, 0.05) is 20.7 Å². The van der Waals surface area contributed by atoms with Crippen molar-refractivity contribution in [3.8, 4) is 5.75 Å². The van der Waals surface area contributed by atoms with Gasteiger partial charge in [0.15, 0.2) is 0 Å². The van der Waals surface area contributed by atoms with E-state index in [0.29, 0.717) is 0 Å². The molecule has 0 bridgehead atoms. The van der Waals surface area contributed by atoms with E-state index >= 15 is 0 Å². The summed E-state index contributed by atoms with van der Waals surface area (Å²) < 4.78 is 1.12. The molecule has 94 valence electrons. The molecule has 0 aliphatic heterocycles. The zero-order chi connectivity index (χ0) is 13.2. The van der Waals surface area contributed by atoms with E-state index in [2.05, 4.69) is 37.9 Å². The predicted octanol–water partition coefficient (Wildman–Crippen LogP) is 3.68. The highest BCUT2D eigenvalue weighted by atomic mass is 127. The fraction of sp³-hybridized carbons (Fsp3) is 0. The number of hydrogen-bond acceptors (Lipinski definition) is 4. The Balaban J connectivity index is 2.07. The first-order valence-electron chi connectivity index (χ1n) is 5.69. The van der Waals surface area contributed by atoms with Crippen molar-refractivity contribution in [3.05, 3.63) is 52.4 Å². The first kappa shape index (κ1) is 12.2. The Hall–Kier alpha value is -1.89. The van der Waals surface area contributed by atoms with Gasteiger partial charge in [-0.25, -0.2) is 9.97 Å². The number of nitrogens with zero attached hydrogens (tertiary/aromatic N) is 2. The average molecular weight is 363 g/mol. The quantitative estimate of drug-likeness (QED) is 0.682. The van der Waals surface area contributed by atoms with Crippen molar-refractivity contribution >= 4 is 45.0 Å². The molecule has 0 fully saturated rings. The van der Waals surface area contributed by atoms with Gasteiger partial charge < -0.3 is 10.4 Å². The third-order valence-corrected chi connectivity index (χ3v) is 3.38. The van der Waals surface area contributed by atoms with Crippen LogP contribution in [-0.4, -0.2) is 15.1 Å². The van der Waals surface area contributed by atoms with E-state index in [1.165, 1.54) is 6.33 Å². The van der Waals surface area contributed by atoms with Gasteiger partial charge in [-0.1, -0.05) is 6.07 Å². The maximum atomic E-state index is 9.47. The number of fused-ring (bicyclic) bond motifs is 1. The van der Waals surface area contributed by atoms with Gasteiger partial charge in [-0.15, -0.1) is 0 Å². The van der Waals surface area contributed by atoms with Crippen molar-refractivity contribution in [2.24, 2.45) is 0 Å². The van der Waals surface area contributed by atoms with E-state index in [9.17, 15) is 5.11 Å². The van der Waals surface area contributed by atoms with Crippen LogP contribution in [0.1, 0.15) is 0 Å². The summed E-state index contributed by atoms with van der Waals surface area (Å²) in [6.07, 6.45) is 1.53. The van der Waals surface area contributed by atoms with Crippen LogP contribution in [0.25, 0.3) is 10.9 Å². The van der Waals surface area contributed by atoms with Crippen LogP contribution < -0.4 is 5.32 Å². The second-order valence-electron chi connectivity index (χ2n) is 4.06. The number of halogens is 1. The normalized spacial score (nSPS) is 10.6. The number of hydrogen-bond donors (Lipinski definition) is 2. The molecule has 0 radical (unpaired) electrons. The number of benzene rings is 2. The van der Waals surface area contributed by atoms with Crippen molar-refractivity contribution in [1.29, 1.82) is 0 Å². The molecule has 2 N–H and O–H groups in total. The fourth-order valence-electron chi connectivity index (χ4n) is 1.85. The average Bonchev–Trinajstić information content (AvgIpc) is 2.39. The Morgan fingerprint density at radius 2 is 1.95 bits per heavy atom. The predicted molar refractivity (Wildman–Crippen MR) is 83.6 cm³/mol. The molecule has 3 aromatic rings. The number of rotatable bonds is 2. The van der Waals surface area contributed by atoms with Gasteiger partial charge in [-0.3, -0.25) is 0 Å². The van der Waals surface area contributed by atoms with E-state index < -0.39 is 0 Å². The topological polar surface area (TPSA) is 58.0 Å². The zero-order valence-electron chi connectivity index (χ0n) is 9.84. The molecule has 3 rings (SSSR count). The van der Waals surface area contributed by atoms with E-state index in [0.717, 1.165) is 26.0 Å². The van der Waals surface area contributed by atoms with Crippen molar-refractivity contribution in [3.63, 3.8) is 0 Å². The van der Waals surface area contributed by atoms with Gasteiger partial charge in [0.1, 0.15) is 17.9 Å². The molecule has 0 amide bonds. The maximum absolute atomic E-state index is 9.47. The van der Waals surface area contributed by atoms with E-state index in [-0.39, 0.29) is 5.75 Å². The summed E-state index contributed by atoms with van der Waals surface area (Å²) in [6.45, 7) is 0. The minimum Gasteiger partial charge on any atom is -0.508 e. The molecule has 0 saturated heterocycles. The molecule has 2 aromatic carbocycles. The lowest BCUT2D eigenvalue weighted by molar-refractivity contribution is 0.475. The van der Waals surface area contributed by atoms with Crippen LogP contribution in [0.4, 0.5) is 11.5 Å². The molecular weight excluding hydrogens is 353 g/mol. The summed E-state index contributed by atoms with van der Waals surface area (Å²) in [5.74, 6) is 0.951. The molecular formula is C14H10IN3O. The summed E-state index contributed by atoms with van der Waals surface area (Å²) >= 11 is 2.26. The number of aromatic hydroxyl groups is 1. The summed E-state index contributed by atoms with van der Waals surface area (Å²) in [5.41, 5.74) is 1.68. The lowest BCUT2D eigenvalue weighted by Crippen LogP contribution is -1.96. The Morgan fingerprint density at radius 3 is 2.79 bits per heavy atom. The third-order valence-electron chi connectivity index (χ3n) is 2.71. The number of phenolic OH excluding ortho intramolecular Hbond substituents is 1. The Bertz CT molecular complexity index is 746. The molecule has 0 spiro atoms. The highest BCUT2D eigenvalue weighted by Gasteiger charge is 2.05. The summed E-state index contributed by atoms with van der Waals surface area (Å²) in [7, 11) is 0. The number of nitrogens with one attached hydrogen (secondary N) is 1. The molecule has 19 heavy (non-hydrogen) atoms. The van der Waals surface area contributed by atoms with Crippen LogP contribution in [0.2, 0.25) is 0 Å². The molecule has 1 aromatic heterocycles. The van der Waals surface area contributed by atoms with Gasteiger partial charge >= 0.3 is 0 Å². The van der Waals surface area contributed by atoms with E-state index in [1.54, 1.807) is 18.2 Å². The van der Waals surface area contributed by atoms with Crippen LogP contribution in [0.15, 0.2) is 48.8 Å².